The Kier molecular flexibility index (Phi) is 6.95. The highest BCUT2D eigenvalue weighted by Crippen LogP contribution is 2.24. The third kappa shape index (κ3) is 5.22. The first kappa shape index (κ1) is 22.1. The molecule has 2 aromatic rings. The maximum atomic E-state index is 11.4. The maximum Gasteiger partial charge on any atom is 0.335 e. The maximum absolute atomic E-state index is 11.4. The van der Waals surface area contributed by atoms with Crippen molar-refractivity contribution in [2.45, 2.75) is 32.8 Å². The SMILES string of the molecule is Cc1cccc(N2CCN(C(=NC[C@H]3CCCO3)Nc3cccc(C(=O)O)c3)CC2)c1C. The molecule has 4 rings (SSSR count). The van der Waals surface area contributed by atoms with Crippen LogP contribution in [0.5, 0.6) is 0 Å². The number of aromatic carboxylic acids is 1. The van der Waals surface area contributed by atoms with Gasteiger partial charge in [0.25, 0.3) is 0 Å². The van der Waals surface area contributed by atoms with Crippen LogP contribution in [0.3, 0.4) is 0 Å². The zero-order valence-electron chi connectivity index (χ0n) is 18.9. The lowest BCUT2D eigenvalue weighted by molar-refractivity contribution is 0.0697. The Morgan fingerprint density at radius 1 is 1.16 bits per heavy atom. The summed E-state index contributed by atoms with van der Waals surface area (Å²) in [4.78, 5) is 20.9. The van der Waals surface area contributed by atoms with Gasteiger partial charge >= 0.3 is 5.97 Å². The molecule has 32 heavy (non-hydrogen) atoms. The van der Waals surface area contributed by atoms with E-state index in [0.717, 1.165) is 57.3 Å². The molecular formula is C25H32N4O3. The van der Waals surface area contributed by atoms with Crippen molar-refractivity contribution in [1.82, 2.24) is 4.90 Å². The topological polar surface area (TPSA) is 77.4 Å². The molecule has 2 aliphatic rings. The van der Waals surface area contributed by atoms with E-state index in [0.29, 0.717) is 6.54 Å². The smallest absolute Gasteiger partial charge is 0.335 e. The van der Waals surface area contributed by atoms with Crippen LogP contribution in [0.1, 0.15) is 34.3 Å². The minimum Gasteiger partial charge on any atom is -0.478 e. The lowest BCUT2D eigenvalue weighted by Gasteiger charge is -2.38. The van der Waals surface area contributed by atoms with Gasteiger partial charge in [0.15, 0.2) is 5.96 Å². The van der Waals surface area contributed by atoms with E-state index >= 15 is 0 Å². The van der Waals surface area contributed by atoms with E-state index < -0.39 is 5.97 Å². The molecule has 170 valence electrons. The van der Waals surface area contributed by atoms with E-state index in [-0.39, 0.29) is 11.7 Å². The molecule has 0 radical (unpaired) electrons. The highest BCUT2D eigenvalue weighted by atomic mass is 16.5. The molecule has 1 atom stereocenters. The summed E-state index contributed by atoms with van der Waals surface area (Å²) in [6, 6.07) is 13.3. The summed E-state index contributed by atoms with van der Waals surface area (Å²) >= 11 is 0. The van der Waals surface area contributed by atoms with Gasteiger partial charge in [0.1, 0.15) is 0 Å². The molecule has 2 saturated heterocycles. The van der Waals surface area contributed by atoms with Gasteiger partial charge in [-0.25, -0.2) is 4.79 Å². The van der Waals surface area contributed by atoms with Crippen molar-refractivity contribution in [1.29, 1.82) is 0 Å². The number of ether oxygens (including phenoxy) is 1. The van der Waals surface area contributed by atoms with Crippen molar-refractivity contribution >= 4 is 23.3 Å². The highest BCUT2D eigenvalue weighted by Gasteiger charge is 2.23. The molecule has 0 aliphatic carbocycles. The number of benzene rings is 2. The number of guanidine groups is 1. The number of carboxylic acid groups (broad SMARTS) is 1. The Hall–Kier alpha value is -3.06. The molecule has 0 amide bonds. The number of nitrogens with zero attached hydrogens (tertiary/aromatic N) is 3. The van der Waals surface area contributed by atoms with Gasteiger partial charge in [-0.3, -0.25) is 4.99 Å². The highest BCUT2D eigenvalue weighted by molar-refractivity contribution is 5.96. The van der Waals surface area contributed by atoms with Crippen LogP contribution in [0.15, 0.2) is 47.5 Å². The van der Waals surface area contributed by atoms with Crippen molar-refractivity contribution in [2.24, 2.45) is 4.99 Å². The minimum absolute atomic E-state index is 0.161. The zero-order chi connectivity index (χ0) is 22.5. The first-order valence-corrected chi connectivity index (χ1v) is 11.3. The second-order valence-electron chi connectivity index (χ2n) is 8.50. The van der Waals surface area contributed by atoms with Crippen LogP contribution in [0.4, 0.5) is 11.4 Å². The van der Waals surface area contributed by atoms with Gasteiger partial charge in [0.2, 0.25) is 0 Å². The molecular weight excluding hydrogens is 404 g/mol. The lowest BCUT2D eigenvalue weighted by Crippen LogP contribution is -2.51. The molecule has 0 unspecified atom stereocenters. The summed E-state index contributed by atoms with van der Waals surface area (Å²) in [5.41, 5.74) is 4.92. The normalized spacial score (nSPS) is 19.3. The number of rotatable bonds is 5. The minimum atomic E-state index is -0.936. The Morgan fingerprint density at radius 2 is 1.94 bits per heavy atom. The molecule has 7 heteroatoms. The summed E-state index contributed by atoms with van der Waals surface area (Å²) in [5.74, 6) is -0.155. The number of carbonyl (C=O) groups is 1. The standard InChI is InChI=1S/C25H32N4O3/c1-18-6-3-10-23(19(18)2)28-11-13-29(14-12-28)25(26-17-22-9-5-15-32-22)27-21-8-4-7-20(16-21)24(30)31/h3-4,6-8,10,16,22H,5,9,11-15,17H2,1-2H3,(H,26,27)(H,30,31)/t22-/m1/s1. The number of aryl methyl sites for hydroxylation is 1. The van der Waals surface area contributed by atoms with Crippen molar-refractivity contribution < 1.29 is 14.6 Å². The van der Waals surface area contributed by atoms with E-state index in [2.05, 4.69) is 47.2 Å². The van der Waals surface area contributed by atoms with E-state index in [1.54, 1.807) is 18.2 Å². The summed E-state index contributed by atoms with van der Waals surface area (Å²) in [5, 5.41) is 12.7. The second-order valence-corrected chi connectivity index (χ2v) is 8.50. The molecule has 2 heterocycles. The lowest BCUT2D eigenvalue weighted by atomic mass is 10.1. The predicted octanol–water partition coefficient (Wildman–Crippen LogP) is 3.77. The molecule has 0 saturated carbocycles. The first-order valence-electron chi connectivity index (χ1n) is 11.3. The van der Waals surface area contributed by atoms with Crippen molar-refractivity contribution in [3.63, 3.8) is 0 Å². The number of piperazine rings is 1. The van der Waals surface area contributed by atoms with Gasteiger partial charge in [-0.1, -0.05) is 18.2 Å². The number of hydrogen-bond acceptors (Lipinski definition) is 4. The van der Waals surface area contributed by atoms with E-state index in [1.165, 1.54) is 16.8 Å². The van der Waals surface area contributed by atoms with Crippen LogP contribution in [0, 0.1) is 13.8 Å². The first-order chi connectivity index (χ1) is 15.5. The Labute approximate surface area is 189 Å². The van der Waals surface area contributed by atoms with Crippen molar-refractivity contribution in [2.75, 3.05) is 49.5 Å². The fraction of sp³-hybridized carbons (Fsp3) is 0.440. The van der Waals surface area contributed by atoms with Gasteiger partial charge in [0.05, 0.1) is 18.2 Å². The third-order valence-electron chi connectivity index (χ3n) is 6.33. The van der Waals surface area contributed by atoms with E-state index in [4.69, 9.17) is 9.73 Å². The Balaban J connectivity index is 1.48. The summed E-state index contributed by atoms with van der Waals surface area (Å²) in [6.07, 6.45) is 2.28. The molecule has 2 fully saturated rings. The summed E-state index contributed by atoms with van der Waals surface area (Å²) in [7, 11) is 0. The van der Waals surface area contributed by atoms with Gasteiger partial charge < -0.3 is 25.0 Å². The fourth-order valence-corrected chi connectivity index (χ4v) is 4.29. The summed E-state index contributed by atoms with van der Waals surface area (Å²) < 4.78 is 5.75. The summed E-state index contributed by atoms with van der Waals surface area (Å²) in [6.45, 7) is 9.23. The quantitative estimate of drug-likeness (QED) is 0.549. The Morgan fingerprint density at radius 3 is 2.66 bits per heavy atom. The molecule has 0 aromatic heterocycles. The molecule has 0 bridgehead atoms. The molecule has 7 nitrogen and oxygen atoms in total. The average Bonchev–Trinajstić information content (AvgIpc) is 3.32. The number of nitrogens with one attached hydrogen (secondary N) is 1. The van der Waals surface area contributed by atoms with Gasteiger partial charge in [-0.2, -0.15) is 0 Å². The molecule has 0 spiro atoms. The van der Waals surface area contributed by atoms with Crippen LogP contribution in [0.2, 0.25) is 0 Å². The van der Waals surface area contributed by atoms with Crippen LogP contribution in [0.25, 0.3) is 0 Å². The van der Waals surface area contributed by atoms with Crippen molar-refractivity contribution in [3.05, 3.63) is 59.2 Å². The number of aliphatic imine (C=N–C) groups is 1. The molecule has 2 aromatic carbocycles. The van der Waals surface area contributed by atoms with E-state index in [9.17, 15) is 9.90 Å². The van der Waals surface area contributed by atoms with Gasteiger partial charge in [-0.15, -0.1) is 0 Å². The largest absolute Gasteiger partial charge is 0.478 e. The van der Waals surface area contributed by atoms with E-state index in [1.807, 2.05) is 6.07 Å². The van der Waals surface area contributed by atoms with Crippen LogP contribution in [-0.4, -0.2) is 67.4 Å². The molecule has 2 aliphatic heterocycles. The predicted molar refractivity (Wildman–Crippen MR) is 128 cm³/mol. The zero-order valence-corrected chi connectivity index (χ0v) is 18.9. The van der Waals surface area contributed by atoms with Gasteiger partial charge in [0, 0.05) is 44.2 Å². The third-order valence-corrected chi connectivity index (χ3v) is 6.33. The number of anilines is 2. The average molecular weight is 437 g/mol. The molecule has 2 N–H and O–H groups in total. The fourth-order valence-electron chi connectivity index (χ4n) is 4.29. The van der Waals surface area contributed by atoms with Gasteiger partial charge in [-0.05, 0) is 62.1 Å². The number of carboxylic acids is 1. The Bertz CT molecular complexity index is 977. The van der Waals surface area contributed by atoms with Crippen LogP contribution in [-0.2, 0) is 4.74 Å². The van der Waals surface area contributed by atoms with Crippen molar-refractivity contribution in [3.8, 4) is 0 Å². The number of hydrogen-bond donors (Lipinski definition) is 2. The van der Waals surface area contributed by atoms with Crippen LogP contribution < -0.4 is 10.2 Å². The monoisotopic (exact) mass is 436 g/mol. The van der Waals surface area contributed by atoms with Crippen LogP contribution >= 0.6 is 0 Å². The second kappa shape index (κ2) is 10.0.